The van der Waals surface area contributed by atoms with Crippen LogP contribution in [-0.2, 0) is 11.3 Å². The van der Waals surface area contributed by atoms with Gasteiger partial charge in [-0.25, -0.2) is 10.5 Å². The molecule has 0 aliphatic carbocycles. The lowest BCUT2D eigenvalue weighted by atomic mass is 10.1. The largest absolute Gasteiger partial charge is 0.267 e. The summed E-state index contributed by atoms with van der Waals surface area (Å²) in [5, 5.41) is 0. The van der Waals surface area contributed by atoms with E-state index in [0.717, 1.165) is 30.8 Å². The molecule has 3 nitrogen and oxygen atoms in total. The molecule has 0 saturated heterocycles. The average molecular weight is 276 g/mol. The number of aromatic nitrogens is 1. The Morgan fingerprint density at radius 2 is 2.05 bits per heavy atom. The molecule has 1 heterocycles. The Balaban J connectivity index is 2.55. The smallest absolute Gasteiger partial charge is 0.149 e. The van der Waals surface area contributed by atoms with Gasteiger partial charge < -0.3 is 0 Å². The zero-order chi connectivity index (χ0) is 14.8. The lowest BCUT2D eigenvalue weighted by Gasteiger charge is -2.15. The number of nitrogens with zero attached hydrogens (tertiary/aromatic N) is 1. The third kappa shape index (κ3) is 6.71. The summed E-state index contributed by atoms with van der Waals surface area (Å²) < 4.78 is 0. The number of allylic oxidation sites excluding steroid dienone is 1. The topological polar surface area (TPSA) is 34.1 Å². The van der Waals surface area contributed by atoms with Crippen LogP contribution in [0.5, 0.6) is 0 Å². The third-order valence-electron chi connectivity index (χ3n) is 3.04. The molecule has 1 atom stereocenters. The summed E-state index contributed by atoms with van der Waals surface area (Å²) in [4.78, 5) is 10.3. The minimum absolute atomic E-state index is 0.101. The van der Waals surface area contributed by atoms with Gasteiger partial charge in [-0.2, -0.15) is 0 Å². The van der Waals surface area contributed by atoms with E-state index in [-0.39, 0.29) is 6.10 Å². The van der Waals surface area contributed by atoms with E-state index in [1.165, 1.54) is 6.42 Å². The van der Waals surface area contributed by atoms with Crippen LogP contribution in [0.1, 0.15) is 52.7 Å². The van der Waals surface area contributed by atoms with Crippen LogP contribution < -0.4 is 5.48 Å². The first-order valence-corrected chi connectivity index (χ1v) is 7.71. The lowest BCUT2D eigenvalue weighted by molar-refractivity contribution is 0.126. The van der Waals surface area contributed by atoms with E-state index in [2.05, 4.69) is 50.3 Å². The summed E-state index contributed by atoms with van der Waals surface area (Å²) >= 11 is 0. The van der Waals surface area contributed by atoms with Crippen molar-refractivity contribution in [1.82, 2.24) is 4.98 Å². The van der Waals surface area contributed by atoms with E-state index in [0.29, 0.717) is 5.92 Å². The van der Waals surface area contributed by atoms with Crippen LogP contribution in [0.3, 0.4) is 0 Å². The molecule has 0 amide bonds. The van der Waals surface area contributed by atoms with Crippen LogP contribution in [0.2, 0.25) is 0 Å². The van der Waals surface area contributed by atoms with Gasteiger partial charge in [0, 0.05) is 5.69 Å². The number of hydrogen-bond acceptors (Lipinski definition) is 3. The van der Waals surface area contributed by atoms with Crippen molar-refractivity contribution in [2.45, 2.75) is 59.5 Å². The van der Waals surface area contributed by atoms with Gasteiger partial charge in [0.15, 0.2) is 0 Å². The Kier molecular flexibility index (Phi) is 7.97. The molecule has 112 valence electrons. The fourth-order valence-corrected chi connectivity index (χ4v) is 1.82. The van der Waals surface area contributed by atoms with E-state index in [1.54, 1.807) is 0 Å². The van der Waals surface area contributed by atoms with Gasteiger partial charge in [-0.1, -0.05) is 58.8 Å². The molecule has 1 aromatic heterocycles. The van der Waals surface area contributed by atoms with Crippen LogP contribution in [0.15, 0.2) is 30.4 Å². The van der Waals surface area contributed by atoms with Gasteiger partial charge in [-0.3, -0.25) is 4.84 Å². The number of nitrogens with one attached hydrogen (secondary N) is 1. The van der Waals surface area contributed by atoms with E-state index < -0.39 is 0 Å². The Hall–Kier alpha value is -1.35. The molecule has 0 unspecified atom stereocenters. The molecule has 0 aliphatic rings. The van der Waals surface area contributed by atoms with Gasteiger partial charge in [0.2, 0.25) is 0 Å². The molecule has 20 heavy (non-hydrogen) atoms. The summed E-state index contributed by atoms with van der Waals surface area (Å²) in [6, 6.07) is 5.96. The normalized spacial score (nSPS) is 13.1. The SMILES string of the molecule is CCCC[C@@H](/C=C/C(C)C)ONc1cccc(CC)n1. The van der Waals surface area contributed by atoms with Crippen LogP contribution >= 0.6 is 0 Å². The Labute approximate surface area is 123 Å². The number of anilines is 1. The molecule has 1 rings (SSSR count). The predicted molar refractivity (Wildman–Crippen MR) is 85.6 cm³/mol. The van der Waals surface area contributed by atoms with Crippen molar-refractivity contribution in [3.05, 3.63) is 36.0 Å². The standard InChI is InChI=1S/C17H28N2O/c1-5-7-10-16(13-12-14(3)4)20-19-17-11-8-9-15(6-2)18-17/h8-9,11-14,16H,5-7,10H2,1-4H3,(H,18,19)/b13-12+/t16-/m0/s1. The summed E-state index contributed by atoms with van der Waals surface area (Å²) in [5.74, 6) is 1.33. The summed E-state index contributed by atoms with van der Waals surface area (Å²) in [6.45, 7) is 8.64. The number of aryl methyl sites for hydroxylation is 1. The van der Waals surface area contributed by atoms with Crippen molar-refractivity contribution in [2.75, 3.05) is 5.48 Å². The molecule has 3 heteroatoms. The van der Waals surface area contributed by atoms with E-state index in [9.17, 15) is 0 Å². The maximum atomic E-state index is 5.78. The van der Waals surface area contributed by atoms with Crippen molar-refractivity contribution in [2.24, 2.45) is 5.92 Å². The third-order valence-corrected chi connectivity index (χ3v) is 3.04. The summed E-state index contributed by atoms with van der Waals surface area (Å²) in [7, 11) is 0. The van der Waals surface area contributed by atoms with E-state index in [4.69, 9.17) is 4.84 Å². The van der Waals surface area contributed by atoms with Gasteiger partial charge in [-0.15, -0.1) is 0 Å². The zero-order valence-corrected chi connectivity index (χ0v) is 13.2. The summed E-state index contributed by atoms with van der Waals surface area (Å²) in [5.41, 5.74) is 4.06. The summed E-state index contributed by atoms with van der Waals surface area (Å²) in [6.07, 6.45) is 8.75. The van der Waals surface area contributed by atoms with Crippen molar-refractivity contribution in [1.29, 1.82) is 0 Å². The van der Waals surface area contributed by atoms with Crippen LogP contribution in [-0.4, -0.2) is 11.1 Å². The Morgan fingerprint density at radius 1 is 1.25 bits per heavy atom. The molecule has 0 saturated carbocycles. The Morgan fingerprint density at radius 3 is 2.70 bits per heavy atom. The molecule has 0 bridgehead atoms. The monoisotopic (exact) mass is 276 g/mol. The predicted octanol–water partition coefficient (Wildman–Crippen LogP) is 4.76. The number of rotatable bonds is 9. The first kappa shape index (κ1) is 16.7. The van der Waals surface area contributed by atoms with Crippen molar-refractivity contribution in [3.63, 3.8) is 0 Å². The molecular formula is C17H28N2O. The minimum Gasteiger partial charge on any atom is -0.267 e. The maximum absolute atomic E-state index is 5.78. The van der Waals surface area contributed by atoms with Gasteiger partial charge in [0.05, 0.1) is 0 Å². The van der Waals surface area contributed by atoms with Crippen LogP contribution in [0, 0.1) is 5.92 Å². The molecule has 1 aromatic rings. The fraction of sp³-hybridized carbons (Fsp3) is 0.588. The Bertz CT molecular complexity index is 402. The van der Waals surface area contributed by atoms with Crippen LogP contribution in [0.25, 0.3) is 0 Å². The van der Waals surface area contributed by atoms with Gasteiger partial charge in [-0.05, 0) is 30.9 Å². The minimum atomic E-state index is 0.101. The second-order valence-electron chi connectivity index (χ2n) is 5.40. The molecular weight excluding hydrogens is 248 g/mol. The van der Waals surface area contributed by atoms with Gasteiger partial charge in [0.1, 0.15) is 11.9 Å². The van der Waals surface area contributed by atoms with Crippen molar-refractivity contribution in [3.8, 4) is 0 Å². The molecule has 0 radical (unpaired) electrons. The van der Waals surface area contributed by atoms with Crippen LogP contribution in [0.4, 0.5) is 5.82 Å². The van der Waals surface area contributed by atoms with Gasteiger partial charge in [0.25, 0.3) is 0 Å². The number of pyridine rings is 1. The molecule has 0 aliphatic heterocycles. The maximum Gasteiger partial charge on any atom is 0.149 e. The number of unbranched alkanes of at least 4 members (excludes halogenated alkanes) is 1. The second kappa shape index (κ2) is 9.54. The fourth-order valence-electron chi connectivity index (χ4n) is 1.82. The highest BCUT2D eigenvalue weighted by molar-refractivity contribution is 5.32. The molecule has 1 N–H and O–H groups in total. The highest BCUT2D eigenvalue weighted by Gasteiger charge is 2.06. The molecule has 0 aromatic carbocycles. The quantitative estimate of drug-likeness (QED) is 0.521. The van der Waals surface area contributed by atoms with E-state index >= 15 is 0 Å². The van der Waals surface area contributed by atoms with Crippen molar-refractivity contribution < 1.29 is 4.84 Å². The second-order valence-corrected chi connectivity index (χ2v) is 5.40. The number of hydrogen-bond donors (Lipinski definition) is 1. The molecule has 0 spiro atoms. The lowest BCUT2D eigenvalue weighted by Crippen LogP contribution is -2.16. The van der Waals surface area contributed by atoms with Gasteiger partial charge >= 0.3 is 0 Å². The van der Waals surface area contributed by atoms with E-state index in [1.807, 2.05) is 18.2 Å². The molecule has 0 fully saturated rings. The average Bonchev–Trinajstić information content (AvgIpc) is 2.46. The highest BCUT2D eigenvalue weighted by Crippen LogP contribution is 2.11. The zero-order valence-electron chi connectivity index (χ0n) is 13.2. The first-order valence-electron chi connectivity index (χ1n) is 7.71. The van der Waals surface area contributed by atoms with Crippen molar-refractivity contribution >= 4 is 5.82 Å². The first-order chi connectivity index (χ1) is 9.65. The highest BCUT2D eigenvalue weighted by atomic mass is 16.7.